The first-order valence-electron chi connectivity index (χ1n) is 7.72. The zero-order valence-corrected chi connectivity index (χ0v) is 13.5. The second-order valence-electron chi connectivity index (χ2n) is 5.91. The summed E-state index contributed by atoms with van der Waals surface area (Å²) in [6.45, 7) is 4.11. The van der Waals surface area contributed by atoms with Crippen LogP contribution in [0.25, 0.3) is 0 Å². The van der Waals surface area contributed by atoms with Crippen LogP contribution in [0.1, 0.15) is 30.1 Å². The lowest BCUT2D eigenvalue weighted by Gasteiger charge is -2.21. The van der Waals surface area contributed by atoms with Crippen LogP contribution in [0.2, 0.25) is 0 Å². The van der Waals surface area contributed by atoms with E-state index in [1.165, 1.54) is 0 Å². The zero-order chi connectivity index (χ0) is 15.7. The van der Waals surface area contributed by atoms with E-state index in [0.717, 1.165) is 6.42 Å². The maximum absolute atomic E-state index is 12.5. The first-order valence-corrected chi connectivity index (χ1v) is 9.22. The molecule has 2 atom stereocenters. The van der Waals surface area contributed by atoms with Gasteiger partial charge in [0.05, 0.1) is 10.8 Å². The lowest BCUT2D eigenvalue weighted by Crippen LogP contribution is -2.34. The van der Waals surface area contributed by atoms with Crippen LogP contribution in [-0.4, -0.2) is 59.9 Å². The van der Waals surface area contributed by atoms with Gasteiger partial charge in [-0.25, -0.2) is 12.7 Å². The fourth-order valence-electron chi connectivity index (χ4n) is 3.48. The molecular formula is C15H21N3O3S. The molecule has 0 N–H and O–H groups in total. The molecule has 2 aliphatic heterocycles. The number of rotatable bonds is 2. The van der Waals surface area contributed by atoms with Crippen LogP contribution >= 0.6 is 0 Å². The van der Waals surface area contributed by atoms with Crippen molar-refractivity contribution in [3.63, 3.8) is 0 Å². The van der Waals surface area contributed by atoms with Crippen LogP contribution in [0.5, 0.6) is 0 Å². The van der Waals surface area contributed by atoms with E-state index in [0.29, 0.717) is 38.2 Å². The molecule has 2 saturated heterocycles. The molecule has 1 amide bonds. The summed E-state index contributed by atoms with van der Waals surface area (Å²) in [4.78, 5) is 18.2. The lowest BCUT2D eigenvalue weighted by atomic mass is 10.0. The van der Waals surface area contributed by atoms with E-state index in [2.05, 4.69) is 4.98 Å². The molecule has 2 aliphatic rings. The van der Waals surface area contributed by atoms with E-state index in [4.69, 9.17) is 0 Å². The van der Waals surface area contributed by atoms with Gasteiger partial charge in [0, 0.05) is 38.6 Å². The Labute approximate surface area is 131 Å². The minimum atomic E-state index is -3.19. The molecule has 120 valence electrons. The maximum atomic E-state index is 12.5. The molecule has 6 nitrogen and oxygen atoms in total. The van der Waals surface area contributed by atoms with Gasteiger partial charge >= 0.3 is 0 Å². The molecule has 7 heteroatoms. The monoisotopic (exact) mass is 323 g/mol. The Morgan fingerprint density at radius 2 is 2.14 bits per heavy atom. The van der Waals surface area contributed by atoms with Gasteiger partial charge in [-0.05, 0) is 30.9 Å². The molecule has 0 radical (unpaired) electrons. The summed E-state index contributed by atoms with van der Waals surface area (Å²) >= 11 is 0. The Kier molecular flexibility index (Phi) is 4.18. The van der Waals surface area contributed by atoms with Crippen LogP contribution in [0.15, 0.2) is 24.5 Å². The highest BCUT2D eigenvalue weighted by Crippen LogP contribution is 2.34. The molecule has 0 bridgehead atoms. The van der Waals surface area contributed by atoms with Gasteiger partial charge in [0.1, 0.15) is 0 Å². The number of hydrogen-bond donors (Lipinski definition) is 0. The molecule has 3 rings (SSSR count). The van der Waals surface area contributed by atoms with E-state index < -0.39 is 10.0 Å². The third kappa shape index (κ3) is 2.63. The predicted octanol–water partition coefficient (Wildman–Crippen LogP) is 0.968. The molecule has 2 fully saturated rings. The summed E-state index contributed by atoms with van der Waals surface area (Å²) in [5.74, 6) is 0.0782. The van der Waals surface area contributed by atoms with Crippen molar-refractivity contribution in [3.8, 4) is 0 Å². The van der Waals surface area contributed by atoms with Gasteiger partial charge in [-0.1, -0.05) is 6.92 Å². The molecule has 1 aromatic heterocycles. The lowest BCUT2D eigenvalue weighted by molar-refractivity contribution is 0.0758. The Bertz CT molecular complexity index is 647. The van der Waals surface area contributed by atoms with E-state index >= 15 is 0 Å². The van der Waals surface area contributed by atoms with Gasteiger partial charge in [0.2, 0.25) is 10.0 Å². The highest BCUT2D eigenvalue weighted by Gasteiger charge is 2.46. The topological polar surface area (TPSA) is 70.6 Å². The van der Waals surface area contributed by atoms with Gasteiger partial charge in [-0.3, -0.25) is 9.78 Å². The summed E-state index contributed by atoms with van der Waals surface area (Å²) in [5, 5.41) is -0.334. The number of hydrogen-bond acceptors (Lipinski definition) is 4. The van der Waals surface area contributed by atoms with Crippen molar-refractivity contribution in [1.82, 2.24) is 14.2 Å². The number of pyridine rings is 1. The molecular weight excluding hydrogens is 302 g/mol. The van der Waals surface area contributed by atoms with Crippen LogP contribution < -0.4 is 0 Å². The second-order valence-corrected chi connectivity index (χ2v) is 8.06. The first kappa shape index (κ1) is 15.4. The van der Waals surface area contributed by atoms with Crippen LogP contribution in [0.4, 0.5) is 0 Å². The van der Waals surface area contributed by atoms with Crippen molar-refractivity contribution in [2.24, 2.45) is 5.92 Å². The summed E-state index contributed by atoms with van der Waals surface area (Å²) in [5.41, 5.74) is 0.563. The van der Waals surface area contributed by atoms with Crippen molar-refractivity contribution < 1.29 is 13.2 Å². The van der Waals surface area contributed by atoms with Gasteiger partial charge in [0.15, 0.2) is 0 Å². The highest BCUT2D eigenvalue weighted by molar-refractivity contribution is 7.90. The smallest absolute Gasteiger partial charge is 0.255 e. The van der Waals surface area contributed by atoms with Crippen LogP contribution in [-0.2, 0) is 10.0 Å². The second kappa shape index (κ2) is 5.96. The number of sulfonamides is 1. The number of carbonyl (C=O) groups is 1. The SMILES string of the molecule is CCN1C[C@H]2CCN(C(=O)c3cccnc3)CC[C@H]2S1(=O)=O. The van der Waals surface area contributed by atoms with Crippen molar-refractivity contribution in [3.05, 3.63) is 30.1 Å². The molecule has 0 unspecified atom stereocenters. The minimum absolute atomic E-state index is 0.0576. The Hall–Kier alpha value is -1.47. The third-order valence-corrected chi connectivity index (χ3v) is 7.22. The Balaban J connectivity index is 1.74. The van der Waals surface area contributed by atoms with Gasteiger partial charge in [0.25, 0.3) is 5.91 Å². The molecule has 3 heterocycles. The zero-order valence-electron chi connectivity index (χ0n) is 12.7. The van der Waals surface area contributed by atoms with Crippen LogP contribution in [0.3, 0.4) is 0 Å². The highest BCUT2D eigenvalue weighted by atomic mass is 32.2. The fourth-order valence-corrected chi connectivity index (χ4v) is 5.73. The summed E-state index contributed by atoms with van der Waals surface area (Å²) in [6.07, 6.45) is 4.46. The first-order chi connectivity index (χ1) is 10.5. The van der Waals surface area contributed by atoms with Crippen molar-refractivity contribution in [1.29, 1.82) is 0 Å². The van der Waals surface area contributed by atoms with E-state index in [9.17, 15) is 13.2 Å². The quantitative estimate of drug-likeness (QED) is 0.813. The van der Waals surface area contributed by atoms with E-state index in [-0.39, 0.29) is 17.1 Å². The largest absolute Gasteiger partial charge is 0.339 e. The number of amides is 1. The van der Waals surface area contributed by atoms with Crippen molar-refractivity contribution in [2.75, 3.05) is 26.2 Å². The molecule has 0 saturated carbocycles. The van der Waals surface area contributed by atoms with Gasteiger partial charge in [-0.15, -0.1) is 0 Å². The van der Waals surface area contributed by atoms with E-state index in [1.54, 1.807) is 33.7 Å². The normalized spacial score (nSPS) is 28.1. The Morgan fingerprint density at radius 3 is 2.82 bits per heavy atom. The van der Waals surface area contributed by atoms with Crippen LogP contribution in [0, 0.1) is 5.92 Å². The average Bonchev–Trinajstić information content (AvgIpc) is 2.68. The molecule has 0 aliphatic carbocycles. The third-order valence-electron chi connectivity index (χ3n) is 4.71. The fraction of sp³-hybridized carbons (Fsp3) is 0.600. The van der Waals surface area contributed by atoms with E-state index in [1.807, 2.05) is 6.92 Å². The Morgan fingerprint density at radius 1 is 1.36 bits per heavy atom. The van der Waals surface area contributed by atoms with Gasteiger partial charge < -0.3 is 4.90 Å². The number of carbonyl (C=O) groups excluding carboxylic acids is 1. The average molecular weight is 323 g/mol. The predicted molar refractivity (Wildman–Crippen MR) is 82.8 cm³/mol. The van der Waals surface area contributed by atoms with Crippen molar-refractivity contribution >= 4 is 15.9 Å². The standard InChI is InChI=1S/C15H21N3O3S/c1-2-18-11-13-5-8-17(9-6-14(13)22(18,20)21)15(19)12-4-3-7-16-10-12/h3-4,7,10,13-14H,2,5-6,8-9,11H2,1H3/t13-,14-/m1/s1. The summed E-state index contributed by atoms with van der Waals surface area (Å²) < 4.78 is 26.5. The van der Waals surface area contributed by atoms with Gasteiger partial charge in [-0.2, -0.15) is 0 Å². The van der Waals surface area contributed by atoms with Crippen molar-refractivity contribution in [2.45, 2.75) is 25.0 Å². The molecule has 0 aromatic carbocycles. The number of aromatic nitrogens is 1. The molecule has 1 aromatic rings. The molecule has 22 heavy (non-hydrogen) atoms. The maximum Gasteiger partial charge on any atom is 0.255 e. The molecule has 0 spiro atoms. The number of nitrogens with zero attached hydrogens (tertiary/aromatic N) is 3. The number of fused-ring (bicyclic) bond motifs is 1. The number of likely N-dealkylation sites (tertiary alicyclic amines) is 1. The minimum Gasteiger partial charge on any atom is -0.339 e. The summed E-state index contributed by atoms with van der Waals surface area (Å²) in [6, 6.07) is 3.49. The summed E-state index contributed by atoms with van der Waals surface area (Å²) in [7, 11) is -3.19.